The molecule has 0 unspecified atom stereocenters. The molecule has 1 saturated heterocycles. The van der Waals surface area contributed by atoms with Crippen LogP contribution in [-0.4, -0.2) is 60.8 Å². The lowest BCUT2D eigenvalue weighted by molar-refractivity contribution is 0.0899. The Morgan fingerprint density at radius 3 is 2.27 bits per heavy atom. The number of hydrogen-bond acceptors (Lipinski definition) is 3. The second-order valence-electron chi connectivity index (χ2n) is 3.45. The fourth-order valence-electron chi connectivity index (χ4n) is 1.40. The van der Waals surface area contributed by atoms with Crippen molar-refractivity contribution in [3.63, 3.8) is 0 Å². The van der Waals surface area contributed by atoms with Gasteiger partial charge in [0.1, 0.15) is 0 Å². The summed E-state index contributed by atoms with van der Waals surface area (Å²) in [6.45, 7) is 7.13. The van der Waals surface area contributed by atoms with Crippen LogP contribution in [0.25, 0.3) is 0 Å². The standard InChI is InChI=1S/C8H18N2O/c1-8(11)7-10-5-3-9(2)4-6-10/h8,11H,3-7H2,1-2H3/t8-/m1/s1. The van der Waals surface area contributed by atoms with E-state index in [-0.39, 0.29) is 6.10 Å². The van der Waals surface area contributed by atoms with Gasteiger partial charge in [-0.25, -0.2) is 0 Å². The molecule has 1 fully saturated rings. The summed E-state index contributed by atoms with van der Waals surface area (Å²) in [5.41, 5.74) is 0. The highest BCUT2D eigenvalue weighted by Crippen LogP contribution is 1.99. The summed E-state index contributed by atoms with van der Waals surface area (Å²) in [4.78, 5) is 4.63. The first-order chi connectivity index (χ1) is 5.18. The van der Waals surface area contributed by atoms with Gasteiger partial charge in [-0.2, -0.15) is 0 Å². The van der Waals surface area contributed by atoms with Gasteiger partial charge in [-0.05, 0) is 14.0 Å². The largest absolute Gasteiger partial charge is 0.392 e. The van der Waals surface area contributed by atoms with Crippen molar-refractivity contribution >= 4 is 0 Å². The molecule has 0 bridgehead atoms. The van der Waals surface area contributed by atoms with E-state index in [1.807, 2.05) is 6.92 Å². The van der Waals surface area contributed by atoms with E-state index >= 15 is 0 Å². The van der Waals surface area contributed by atoms with Gasteiger partial charge in [-0.3, -0.25) is 4.90 Å². The molecule has 0 aromatic heterocycles. The van der Waals surface area contributed by atoms with Gasteiger partial charge in [-0.15, -0.1) is 0 Å². The first-order valence-electron chi connectivity index (χ1n) is 4.27. The third-order valence-electron chi connectivity index (χ3n) is 2.12. The number of hydrogen-bond donors (Lipinski definition) is 1. The zero-order valence-electron chi connectivity index (χ0n) is 7.45. The maximum absolute atomic E-state index is 9.12. The third kappa shape index (κ3) is 3.18. The van der Waals surface area contributed by atoms with Crippen LogP contribution in [0.3, 0.4) is 0 Å². The molecule has 0 amide bonds. The first kappa shape index (κ1) is 8.97. The molecule has 0 radical (unpaired) electrons. The van der Waals surface area contributed by atoms with Gasteiger partial charge < -0.3 is 10.0 Å². The fourth-order valence-corrected chi connectivity index (χ4v) is 1.40. The van der Waals surface area contributed by atoms with Crippen molar-refractivity contribution in [3.8, 4) is 0 Å². The number of β-amino-alcohol motifs (C(OH)–C–C–N with tert-alkyl or cyclic N) is 1. The summed E-state index contributed by atoms with van der Waals surface area (Å²) < 4.78 is 0. The van der Waals surface area contributed by atoms with Gasteiger partial charge in [0.2, 0.25) is 0 Å². The molecule has 1 atom stereocenters. The molecule has 1 rings (SSSR count). The lowest BCUT2D eigenvalue weighted by atomic mass is 10.3. The van der Waals surface area contributed by atoms with E-state index in [0.717, 1.165) is 32.7 Å². The van der Waals surface area contributed by atoms with E-state index in [0.29, 0.717) is 0 Å². The van der Waals surface area contributed by atoms with Crippen molar-refractivity contribution < 1.29 is 5.11 Å². The van der Waals surface area contributed by atoms with E-state index < -0.39 is 0 Å². The van der Waals surface area contributed by atoms with Crippen LogP contribution in [-0.2, 0) is 0 Å². The fraction of sp³-hybridized carbons (Fsp3) is 1.00. The van der Waals surface area contributed by atoms with Crippen LogP contribution < -0.4 is 0 Å². The highest BCUT2D eigenvalue weighted by atomic mass is 16.3. The van der Waals surface area contributed by atoms with Crippen LogP contribution in [0, 0.1) is 0 Å². The predicted octanol–water partition coefficient (Wildman–Crippen LogP) is -0.385. The summed E-state index contributed by atoms with van der Waals surface area (Å²) >= 11 is 0. The Morgan fingerprint density at radius 2 is 1.82 bits per heavy atom. The Morgan fingerprint density at radius 1 is 1.27 bits per heavy atom. The average molecular weight is 158 g/mol. The SMILES string of the molecule is C[C@@H](O)CN1CCN(C)CC1. The summed E-state index contributed by atoms with van der Waals surface area (Å²) in [6, 6.07) is 0. The quantitative estimate of drug-likeness (QED) is 0.593. The molecule has 1 N–H and O–H groups in total. The Kier molecular flexibility index (Phi) is 3.30. The van der Waals surface area contributed by atoms with E-state index in [4.69, 9.17) is 5.11 Å². The van der Waals surface area contributed by atoms with Crippen molar-refractivity contribution in [2.45, 2.75) is 13.0 Å². The van der Waals surface area contributed by atoms with E-state index in [1.165, 1.54) is 0 Å². The number of likely N-dealkylation sites (N-methyl/N-ethyl adjacent to an activating group) is 1. The van der Waals surface area contributed by atoms with Gasteiger partial charge in [0, 0.05) is 32.7 Å². The first-order valence-corrected chi connectivity index (χ1v) is 4.27. The lowest BCUT2D eigenvalue weighted by Crippen LogP contribution is -2.46. The van der Waals surface area contributed by atoms with Crippen LogP contribution in [0.1, 0.15) is 6.92 Å². The molecule has 0 aliphatic carbocycles. The Labute approximate surface area is 68.6 Å². The topological polar surface area (TPSA) is 26.7 Å². The lowest BCUT2D eigenvalue weighted by Gasteiger charge is -2.32. The van der Waals surface area contributed by atoms with E-state index in [2.05, 4.69) is 16.8 Å². The van der Waals surface area contributed by atoms with Crippen molar-refractivity contribution in [1.82, 2.24) is 9.80 Å². The Hall–Kier alpha value is -0.120. The third-order valence-corrected chi connectivity index (χ3v) is 2.12. The normalized spacial score (nSPS) is 25.4. The molecule has 3 nitrogen and oxygen atoms in total. The molecular formula is C8H18N2O. The molecule has 11 heavy (non-hydrogen) atoms. The van der Waals surface area contributed by atoms with Crippen LogP contribution in [0.5, 0.6) is 0 Å². The summed E-state index contributed by atoms with van der Waals surface area (Å²) in [5, 5.41) is 9.12. The number of rotatable bonds is 2. The van der Waals surface area contributed by atoms with Gasteiger partial charge in [0.15, 0.2) is 0 Å². The molecule has 0 saturated carbocycles. The maximum Gasteiger partial charge on any atom is 0.0639 e. The molecule has 0 aromatic carbocycles. The van der Waals surface area contributed by atoms with Crippen molar-refractivity contribution in [2.75, 3.05) is 39.8 Å². The Bertz CT molecular complexity index is 109. The molecule has 1 heterocycles. The highest BCUT2D eigenvalue weighted by molar-refractivity contribution is 4.70. The molecule has 1 aliphatic heterocycles. The van der Waals surface area contributed by atoms with Crippen LogP contribution in [0.2, 0.25) is 0 Å². The van der Waals surface area contributed by atoms with E-state index in [9.17, 15) is 0 Å². The number of nitrogens with zero attached hydrogens (tertiary/aromatic N) is 2. The van der Waals surface area contributed by atoms with Crippen molar-refractivity contribution in [3.05, 3.63) is 0 Å². The zero-order valence-corrected chi connectivity index (χ0v) is 7.45. The van der Waals surface area contributed by atoms with Crippen molar-refractivity contribution in [1.29, 1.82) is 0 Å². The second-order valence-corrected chi connectivity index (χ2v) is 3.45. The number of aliphatic hydroxyl groups is 1. The minimum Gasteiger partial charge on any atom is -0.392 e. The second kappa shape index (κ2) is 4.04. The predicted molar refractivity (Wildman–Crippen MR) is 45.6 cm³/mol. The Balaban J connectivity index is 2.17. The van der Waals surface area contributed by atoms with Crippen LogP contribution in [0.15, 0.2) is 0 Å². The van der Waals surface area contributed by atoms with Gasteiger partial charge >= 0.3 is 0 Å². The maximum atomic E-state index is 9.12. The smallest absolute Gasteiger partial charge is 0.0639 e. The molecule has 1 aliphatic rings. The van der Waals surface area contributed by atoms with Gasteiger partial charge in [-0.1, -0.05) is 0 Å². The molecule has 3 heteroatoms. The number of piperazine rings is 1. The molecular weight excluding hydrogens is 140 g/mol. The van der Waals surface area contributed by atoms with Crippen LogP contribution >= 0.6 is 0 Å². The summed E-state index contributed by atoms with van der Waals surface area (Å²) in [7, 11) is 2.14. The summed E-state index contributed by atoms with van der Waals surface area (Å²) in [5.74, 6) is 0. The van der Waals surface area contributed by atoms with Gasteiger partial charge in [0.25, 0.3) is 0 Å². The minimum atomic E-state index is -0.182. The van der Waals surface area contributed by atoms with Gasteiger partial charge in [0.05, 0.1) is 6.10 Å². The highest BCUT2D eigenvalue weighted by Gasteiger charge is 2.14. The molecule has 66 valence electrons. The average Bonchev–Trinajstić information content (AvgIpc) is 1.93. The van der Waals surface area contributed by atoms with E-state index in [1.54, 1.807) is 0 Å². The monoisotopic (exact) mass is 158 g/mol. The zero-order chi connectivity index (χ0) is 8.27. The molecule has 0 spiro atoms. The van der Waals surface area contributed by atoms with Crippen LogP contribution in [0.4, 0.5) is 0 Å². The molecule has 0 aromatic rings. The summed E-state index contributed by atoms with van der Waals surface area (Å²) in [6.07, 6.45) is -0.182. The number of aliphatic hydroxyl groups excluding tert-OH is 1. The minimum absolute atomic E-state index is 0.182. The van der Waals surface area contributed by atoms with Crippen molar-refractivity contribution in [2.24, 2.45) is 0 Å².